The quantitative estimate of drug-likeness (QED) is 0.691. The van der Waals surface area contributed by atoms with Gasteiger partial charge >= 0.3 is 0 Å². The highest BCUT2D eigenvalue weighted by Crippen LogP contribution is 2.27. The SMILES string of the molecule is CN=C(NCc1ccon1)N(C)Cc1nc2c(s1)CCCC2. The summed E-state index contributed by atoms with van der Waals surface area (Å²) in [5, 5.41) is 8.34. The molecule has 0 bridgehead atoms. The summed E-state index contributed by atoms with van der Waals surface area (Å²) in [5.41, 5.74) is 2.17. The molecule has 2 heterocycles. The van der Waals surface area contributed by atoms with Crippen LogP contribution in [0.5, 0.6) is 0 Å². The average Bonchev–Trinajstić information content (AvgIpc) is 3.16. The highest BCUT2D eigenvalue weighted by atomic mass is 32.1. The van der Waals surface area contributed by atoms with Gasteiger partial charge in [-0.05, 0) is 25.7 Å². The largest absolute Gasteiger partial charge is 0.364 e. The predicted molar refractivity (Wildman–Crippen MR) is 86.9 cm³/mol. The van der Waals surface area contributed by atoms with Gasteiger partial charge in [-0.25, -0.2) is 4.98 Å². The summed E-state index contributed by atoms with van der Waals surface area (Å²) in [6.07, 6.45) is 6.46. The first kappa shape index (κ1) is 15.0. The van der Waals surface area contributed by atoms with Gasteiger partial charge in [-0.2, -0.15) is 0 Å². The first-order chi connectivity index (χ1) is 10.8. The zero-order chi connectivity index (χ0) is 15.4. The molecule has 0 spiro atoms. The zero-order valence-corrected chi connectivity index (χ0v) is 13.8. The molecule has 6 nitrogen and oxygen atoms in total. The number of aryl methyl sites for hydroxylation is 2. The number of nitrogens with zero attached hydrogens (tertiary/aromatic N) is 4. The minimum atomic E-state index is 0.599. The second-order valence-corrected chi connectivity index (χ2v) is 6.60. The number of fused-ring (bicyclic) bond motifs is 1. The van der Waals surface area contributed by atoms with Gasteiger partial charge in [0.1, 0.15) is 17.0 Å². The normalized spacial score (nSPS) is 14.7. The molecular formula is C15H21N5OS. The molecule has 0 amide bonds. The average molecular weight is 319 g/mol. The number of hydrogen-bond acceptors (Lipinski definition) is 5. The summed E-state index contributed by atoms with van der Waals surface area (Å²) in [4.78, 5) is 12.7. The third-order valence-electron chi connectivity index (χ3n) is 3.75. The highest BCUT2D eigenvalue weighted by molar-refractivity contribution is 7.11. The highest BCUT2D eigenvalue weighted by Gasteiger charge is 2.16. The van der Waals surface area contributed by atoms with Gasteiger partial charge < -0.3 is 14.7 Å². The Morgan fingerprint density at radius 3 is 3.05 bits per heavy atom. The van der Waals surface area contributed by atoms with Crippen molar-refractivity contribution in [2.24, 2.45) is 4.99 Å². The Labute approximate surface area is 134 Å². The third-order valence-corrected chi connectivity index (χ3v) is 4.90. The van der Waals surface area contributed by atoms with E-state index >= 15 is 0 Å². The Morgan fingerprint density at radius 1 is 1.45 bits per heavy atom. The van der Waals surface area contributed by atoms with Crippen LogP contribution in [0.2, 0.25) is 0 Å². The second kappa shape index (κ2) is 6.91. The first-order valence-electron chi connectivity index (χ1n) is 7.54. The van der Waals surface area contributed by atoms with E-state index < -0.39 is 0 Å². The number of thiazole rings is 1. The van der Waals surface area contributed by atoms with E-state index in [-0.39, 0.29) is 0 Å². The Kier molecular flexibility index (Phi) is 4.72. The Morgan fingerprint density at radius 2 is 2.32 bits per heavy atom. The van der Waals surface area contributed by atoms with Crippen LogP contribution in [0.1, 0.15) is 34.1 Å². The van der Waals surface area contributed by atoms with Gasteiger partial charge in [0, 0.05) is 25.0 Å². The van der Waals surface area contributed by atoms with Crippen LogP contribution < -0.4 is 5.32 Å². The summed E-state index contributed by atoms with van der Waals surface area (Å²) in [5.74, 6) is 0.830. The number of aromatic nitrogens is 2. The lowest BCUT2D eigenvalue weighted by molar-refractivity contribution is 0.409. The Bertz CT molecular complexity index is 611. The fourth-order valence-electron chi connectivity index (χ4n) is 2.63. The van der Waals surface area contributed by atoms with E-state index in [1.54, 1.807) is 13.3 Å². The molecule has 7 heteroatoms. The van der Waals surface area contributed by atoms with Crippen molar-refractivity contribution in [3.63, 3.8) is 0 Å². The molecule has 0 saturated heterocycles. The number of rotatable bonds is 4. The first-order valence-corrected chi connectivity index (χ1v) is 8.36. The molecule has 118 valence electrons. The summed E-state index contributed by atoms with van der Waals surface area (Å²) in [7, 11) is 3.81. The fraction of sp³-hybridized carbons (Fsp3) is 0.533. The van der Waals surface area contributed by atoms with Gasteiger partial charge in [0.05, 0.1) is 18.8 Å². The minimum Gasteiger partial charge on any atom is -0.364 e. The van der Waals surface area contributed by atoms with E-state index in [9.17, 15) is 0 Å². The van der Waals surface area contributed by atoms with E-state index in [1.807, 2.05) is 24.5 Å². The van der Waals surface area contributed by atoms with Crippen LogP contribution in [0, 0.1) is 0 Å². The fourth-order valence-corrected chi connectivity index (χ4v) is 3.84. The summed E-state index contributed by atoms with van der Waals surface area (Å²) >= 11 is 1.84. The maximum atomic E-state index is 4.83. The smallest absolute Gasteiger partial charge is 0.194 e. The summed E-state index contributed by atoms with van der Waals surface area (Å²) in [6.45, 7) is 1.37. The lowest BCUT2D eigenvalue weighted by Crippen LogP contribution is -2.38. The van der Waals surface area contributed by atoms with Crippen LogP contribution in [0.15, 0.2) is 21.8 Å². The molecule has 1 aliphatic carbocycles. The topological polar surface area (TPSA) is 66.6 Å². The maximum Gasteiger partial charge on any atom is 0.194 e. The number of aliphatic imine (C=N–C) groups is 1. The monoisotopic (exact) mass is 319 g/mol. The number of nitrogens with one attached hydrogen (secondary N) is 1. The molecule has 0 radical (unpaired) electrons. The van der Waals surface area contributed by atoms with Crippen LogP contribution in [0.25, 0.3) is 0 Å². The molecule has 0 saturated carbocycles. The summed E-state index contributed by atoms with van der Waals surface area (Å²) in [6, 6.07) is 1.84. The molecular weight excluding hydrogens is 298 g/mol. The molecule has 2 aromatic rings. The predicted octanol–water partition coefficient (Wildman–Crippen LogP) is 2.22. The number of guanidine groups is 1. The van der Waals surface area contributed by atoms with Crippen LogP contribution in [0.3, 0.4) is 0 Å². The van der Waals surface area contributed by atoms with Gasteiger partial charge in [-0.3, -0.25) is 4.99 Å². The zero-order valence-electron chi connectivity index (χ0n) is 13.0. The standard InChI is InChI=1S/C15H21N5OS/c1-16-15(17-9-11-7-8-21-19-11)20(2)10-14-18-12-5-3-4-6-13(12)22-14/h7-8H,3-6,9-10H2,1-2H3,(H,16,17). The van der Waals surface area contributed by atoms with Crippen LogP contribution in [-0.2, 0) is 25.9 Å². The summed E-state index contributed by atoms with van der Waals surface area (Å²) < 4.78 is 4.83. The van der Waals surface area contributed by atoms with Crippen molar-refractivity contribution in [3.05, 3.63) is 33.6 Å². The lowest BCUT2D eigenvalue weighted by atomic mass is 10.0. The van der Waals surface area contributed by atoms with Gasteiger partial charge in [-0.15, -0.1) is 11.3 Å². The molecule has 0 aliphatic heterocycles. The second-order valence-electron chi connectivity index (χ2n) is 5.43. The van der Waals surface area contributed by atoms with Crippen LogP contribution >= 0.6 is 11.3 Å². The van der Waals surface area contributed by atoms with Crippen molar-refractivity contribution in [1.82, 2.24) is 20.4 Å². The molecule has 0 aromatic carbocycles. The van der Waals surface area contributed by atoms with E-state index in [0.717, 1.165) is 24.6 Å². The van der Waals surface area contributed by atoms with Crippen molar-refractivity contribution in [1.29, 1.82) is 0 Å². The molecule has 22 heavy (non-hydrogen) atoms. The van der Waals surface area contributed by atoms with E-state index in [1.165, 1.54) is 34.8 Å². The Balaban J connectivity index is 1.59. The Hall–Kier alpha value is -1.89. The van der Waals surface area contributed by atoms with Crippen LogP contribution in [0.4, 0.5) is 0 Å². The molecule has 3 rings (SSSR count). The maximum absolute atomic E-state index is 4.83. The van der Waals surface area contributed by atoms with E-state index in [4.69, 9.17) is 9.51 Å². The van der Waals surface area contributed by atoms with Crippen molar-refractivity contribution in [2.45, 2.75) is 38.8 Å². The minimum absolute atomic E-state index is 0.599. The molecule has 0 unspecified atom stereocenters. The molecule has 0 fully saturated rings. The molecule has 1 N–H and O–H groups in total. The van der Waals surface area contributed by atoms with E-state index in [2.05, 4.69) is 20.4 Å². The van der Waals surface area contributed by atoms with Crippen molar-refractivity contribution >= 4 is 17.3 Å². The van der Waals surface area contributed by atoms with Crippen molar-refractivity contribution in [2.75, 3.05) is 14.1 Å². The number of hydrogen-bond donors (Lipinski definition) is 1. The van der Waals surface area contributed by atoms with Gasteiger partial charge in [0.15, 0.2) is 5.96 Å². The molecule has 2 aromatic heterocycles. The van der Waals surface area contributed by atoms with Gasteiger partial charge in [-0.1, -0.05) is 5.16 Å². The van der Waals surface area contributed by atoms with Crippen molar-refractivity contribution in [3.8, 4) is 0 Å². The van der Waals surface area contributed by atoms with Crippen LogP contribution in [-0.4, -0.2) is 35.1 Å². The van der Waals surface area contributed by atoms with E-state index in [0.29, 0.717) is 6.54 Å². The lowest BCUT2D eigenvalue weighted by Gasteiger charge is -2.20. The third kappa shape index (κ3) is 3.47. The van der Waals surface area contributed by atoms with Gasteiger partial charge in [0.2, 0.25) is 0 Å². The molecule has 1 aliphatic rings. The van der Waals surface area contributed by atoms with Gasteiger partial charge in [0.25, 0.3) is 0 Å². The van der Waals surface area contributed by atoms with Crippen molar-refractivity contribution < 1.29 is 4.52 Å². The molecule has 0 atom stereocenters.